The highest BCUT2D eigenvalue weighted by Gasteiger charge is 2.21. The van der Waals surface area contributed by atoms with Crippen LogP contribution in [0.3, 0.4) is 0 Å². The van der Waals surface area contributed by atoms with E-state index in [4.69, 9.17) is 5.73 Å². The summed E-state index contributed by atoms with van der Waals surface area (Å²) in [5.41, 5.74) is 5.69. The molecule has 1 aliphatic carbocycles. The molecule has 8 heteroatoms. The second-order valence-electron chi connectivity index (χ2n) is 5.38. The molecule has 0 spiro atoms. The van der Waals surface area contributed by atoms with Crippen LogP contribution in [0.4, 0.5) is 5.69 Å². The van der Waals surface area contributed by atoms with Gasteiger partial charge in [-0.3, -0.25) is 10.1 Å². The number of nitro groups is 1. The normalized spacial score (nSPS) is 22.9. The third-order valence-electron chi connectivity index (χ3n) is 3.81. The van der Waals surface area contributed by atoms with Crippen LogP contribution in [0, 0.1) is 16.0 Å². The molecule has 0 atom stereocenters. The van der Waals surface area contributed by atoms with Gasteiger partial charge in [0.25, 0.3) is 5.69 Å². The largest absolute Gasteiger partial charge is 0.328 e. The van der Waals surface area contributed by atoms with Gasteiger partial charge in [-0.25, -0.2) is 13.1 Å². The van der Waals surface area contributed by atoms with Gasteiger partial charge in [0.15, 0.2) is 0 Å². The van der Waals surface area contributed by atoms with Crippen molar-refractivity contribution in [2.45, 2.75) is 36.6 Å². The van der Waals surface area contributed by atoms with Crippen LogP contribution < -0.4 is 10.5 Å². The molecule has 0 unspecified atom stereocenters. The van der Waals surface area contributed by atoms with E-state index in [2.05, 4.69) is 4.72 Å². The zero-order valence-corrected chi connectivity index (χ0v) is 12.4. The maximum Gasteiger partial charge on any atom is 0.269 e. The summed E-state index contributed by atoms with van der Waals surface area (Å²) in [6.45, 7) is 0.381. The van der Waals surface area contributed by atoms with Gasteiger partial charge in [0.05, 0.1) is 9.82 Å². The number of non-ortho nitro benzene ring substituents is 1. The number of nitrogens with two attached hydrogens (primary N) is 1. The van der Waals surface area contributed by atoms with Gasteiger partial charge in [0, 0.05) is 24.7 Å². The number of nitrogens with one attached hydrogen (secondary N) is 1. The molecule has 7 nitrogen and oxygen atoms in total. The molecule has 0 bridgehead atoms. The fourth-order valence-corrected chi connectivity index (χ4v) is 3.57. The van der Waals surface area contributed by atoms with Crippen molar-refractivity contribution in [2.24, 2.45) is 11.7 Å². The summed E-state index contributed by atoms with van der Waals surface area (Å²) in [7, 11) is -3.62. The van der Waals surface area contributed by atoms with E-state index in [-0.39, 0.29) is 16.6 Å². The number of hydrogen-bond acceptors (Lipinski definition) is 5. The molecule has 1 aromatic carbocycles. The van der Waals surface area contributed by atoms with Crippen molar-refractivity contribution in [1.29, 1.82) is 0 Å². The van der Waals surface area contributed by atoms with E-state index in [1.54, 1.807) is 0 Å². The van der Waals surface area contributed by atoms with Gasteiger partial charge >= 0.3 is 0 Å². The summed E-state index contributed by atoms with van der Waals surface area (Å²) < 4.78 is 26.8. The Bertz CT molecular complexity index is 592. The lowest BCUT2D eigenvalue weighted by molar-refractivity contribution is -0.384. The molecule has 0 heterocycles. The molecule has 1 aromatic rings. The summed E-state index contributed by atoms with van der Waals surface area (Å²) in [5.74, 6) is 0.303. The van der Waals surface area contributed by atoms with Crippen LogP contribution in [-0.4, -0.2) is 25.9 Å². The maximum absolute atomic E-state index is 12.1. The fraction of sp³-hybridized carbons (Fsp3) is 0.538. The van der Waals surface area contributed by atoms with E-state index in [0.717, 1.165) is 25.7 Å². The molecule has 0 amide bonds. The first-order valence-corrected chi connectivity index (χ1v) is 8.36. The lowest BCUT2D eigenvalue weighted by Crippen LogP contribution is -2.34. The van der Waals surface area contributed by atoms with Crippen LogP contribution in [-0.2, 0) is 10.0 Å². The molecule has 2 rings (SSSR count). The summed E-state index contributed by atoms with van der Waals surface area (Å²) in [6, 6.07) is 5.10. The van der Waals surface area contributed by atoms with Crippen molar-refractivity contribution >= 4 is 15.7 Å². The standard InChI is InChI=1S/C13H19N3O4S/c14-11-3-1-10(2-4-11)9-15-21(19,20)13-7-5-12(6-8-13)16(17)18/h5-8,10-11,15H,1-4,9,14H2. The molecule has 0 aromatic heterocycles. The second-order valence-corrected chi connectivity index (χ2v) is 7.15. The van der Waals surface area contributed by atoms with Gasteiger partial charge in [-0.05, 0) is 43.7 Å². The number of nitrogens with zero attached hydrogens (tertiary/aromatic N) is 1. The van der Waals surface area contributed by atoms with Crippen LogP contribution in [0.2, 0.25) is 0 Å². The summed E-state index contributed by atoms with van der Waals surface area (Å²) >= 11 is 0. The van der Waals surface area contributed by atoms with Crippen LogP contribution in [0.15, 0.2) is 29.2 Å². The molecule has 0 radical (unpaired) electrons. The Hall–Kier alpha value is -1.51. The van der Waals surface area contributed by atoms with E-state index >= 15 is 0 Å². The number of nitro benzene ring substituents is 1. The lowest BCUT2D eigenvalue weighted by Gasteiger charge is -2.26. The average Bonchev–Trinajstić information content (AvgIpc) is 2.47. The van der Waals surface area contributed by atoms with Crippen LogP contribution >= 0.6 is 0 Å². The van der Waals surface area contributed by atoms with Crippen molar-refractivity contribution in [1.82, 2.24) is 4.72 Å². The molecule has 0 saturated heterocycles. The fourth-order valence-electron chi connectivity index (χ4n) is 2.45. The SMILES string of the molecule is NC1CCC(CNS(=O)(=O)c2ccc([N+](=O)[O-])cc2)CC1. The Balaban J connectivity index is 1.96. The average molecular weight is 313 g/mol. The molecule has 1 fully saturated rings. The minimum atomic E-state index is -3.62. The van der Waals surface area contributed by atoms with E-state index < -0.39 is 14.9 Å². The second kappa shape index (κ2) is 6.50. The van der Waals surface area contributed by atoms with E-state index in [9.17, 15) is 18.5 Å². The van der Waals surface area contributed by atoms with Crippen molar-refractivity contribution in [3.63, 3.8) is 0 Å². The quantitative estimate of drug-likeness (QED) is 0.629. The molecular weight excluding hydrogens is 294 g/mol. The monoisotopic (exact) mass is 313 g/mol. The van der Waals surface area contributed by atoms with Crippen molar-refractivity contribution in [2.75, 3.05) is 6.54 Å². The predicted molar refractivity (Wildman–Crippen MR) is 78.2 cm³/mol. The smallest absolute Gasteiger partial charge is 0.269 e. The van der Waals surface area contributed by atoms with Crippen LogP contribution in [0.1, 0.15) is 25.7 Å². The van der Waals surface area contributed by atoms with Crippen molar-refractivity contribution in [3.05, 3.63) is 34.4 Å². The van der Waals surface area contributed by atoms with Crippen molar-refractivity contribution in [3.8, 4) is 0 Å². The minimum absolute atomic E-state index is 0.0422. The number of rotatable bonds is 5. The molecule has 1 aliphatic rings. The van der Waals surface area contributed by atoms with Gasteiger partial charge in [-0.2, -0.15) is 0 Å². The van der Waals surface area contributed by atoms with Gasteiger partial charge in [-0.15, -0.1) is 0 Å². The molecular formula is C13H19N3O4S. The first kappa shape index (κ1) is 15.9. The van der Waals surface area contributed by atoms with Crippen LogP contribution in [0.5, 0.6) is 0 Å². The van der Waals surface area contributed by atoms with Gasteiger partial charge in [-0.1, -0.05) is 0 Å². The third kappa shape index (κ3) is 4.23. The third-order valence-corrected chi connectivity index (χ3v) is 5.25. The molecule has 1 saturated carbocycles. The summed E-state index contributed by atoms with van der Waals surface area (Å²) in [5, 5.41) is 10.6. The number of hydrogen-bond donors (Lipinski definition) is 2. The van der Waals surface area contributed by atoms with Crippen molar-refractivity contribution < 1.29 is 13.3 Å². The highest BCUT2D eigenvalue weighted by atomic mass is 32.2. The zero-order valence-electron chi connectivity index (χ0n) is 11.6. The molecule has 21 heavy (non-hydrogen) atoms. The van der Waals surface area contributed by atoms with Crippen LogP contribution in [0.25, 0.3) is 0 Å². The number of sulfonamides is 1. The molecule has 116 valence electrons. The van der Waals surface area contributed by atoms with E-state index in [1.165, 1.54) is 24.3 Å². The zero-order chi connectivity index (χ0) is 15.5. The highest BCUT2D eigenvalue weighted by molar-refractivity contribution is 7.89. The molecule has 3 N–H and O–H groups in total. The topological polar surface area (TPSA) is 115 Å². The molecule has 0 aliphatic heterocycles. The Morgan fingerprint density at radius 3 is 2.29 bits per heavy atom. The Labute approximate surface area is 123 Å². The highest BCUT2D eigenvalue weighted by Crippen LogP contribution is 2.23. The van der Waals surface area contributed by atoms with Gasteiger partial charge in [0.1, 0.15) is 0 Å². The first-order valence-electron chi connectivity index (χ1n) is 6.88. The summed E-state index contributed by atoms with van der Waals surface area (Å²) in [4.78, 5) is 10.0. The predicted octanol–water partition coefficient (Wildman–Crippen LogP) is 1.39. The van der Waals surface area contributed by atoms with Gasteiger partial charge < -0.3 is 5.73 Å². The first-order chi connectivity index (χ1) is 9.88. The Morgan fingerprint density at radius 1 is 1.19 bits per heavy atom. The maximum atomic E-state index is 12.1. The Morgan fingerprint density at radius 2 is 1.76 bits per heavy atom. The number of benzene rings is 1. The van der Waals surface area contributed by atoms with E-state index in [0.29, 0.717) is 12.5 Å². The lowest BCUT2D eigenvalue weighted by atomic mass is 9.87. The summed E-state index contributed by atoms with van der Waals surface area (Å²) in [6.07, 6.45) is 3.68. The van der Waals surface area contributed by atoms with E-state index in [1.807, 2.05) is 0 Å². The van der Waals surface area contributed by atoms with Gasteiger partial charge in [0.2, 0.25) is 10.0 Å². The minimum Gasteiger partial charge on any atom is -0.328 e. The Kier molecular flexibility index (Phi) is 4.92.